The molecule has 0 saturated heterocycles. The molecule has 2 rings (SSSR count). The first-order chi connectivity index (χ1) is 11.2. The summed E-state index contributed by atoms with van der Waals surface area (Å²) >= 11 is 5.84. The van der Waals surface area contributed by atoms with Gasteiger partial charge in [0.1, 0.15) is 0 Å². The van der Waals surface area contributed by atoms with Crippen LogP contribution in [0.15, 0.2) is 41.5 Å². The summed E-state index contributed by atoms with van der Waals surface area (Å²) in [5.41, 5.74) is 4.60. The van der Waals surface area contributed by atoms with Gasteiger partial charge in [0.15, 0.2) is 11.5 Å². The zero-order valence-electron chi connectivity index (χ0n) is 13.3. The molecule has 0 aliphatic carbocycles. The lowest BCUT2D eigenvalue weighted by Gasteiger charge is -2.14. The molecule has 0 radical (unpaired) electrons. The van der Waals surface area contributed by atoms with Crippen molar-refractivity contribution in [1.29, 1.82) is 0 Å². The summed E-state index contributed by atoms with van der Waals surface area (Å²) < 4.78 is 16.3. The van der Waals surface area contributed by atoms with Crippen molar-refractivity contribution in [3.05, 3.63) is 47.0 Å². The third kappa shape index (κ3) is 4.53. The third-order valence-corrected chi connectivity index (χ3v) is 3.28. The Morgan fingerprint density at radius 2 is 1.70 bits per heavy atom. The van der Waals surface area contributed by atoms with Crippen molar-refractivity contribution in [3.8, 4) is 17.2 Å². The summed E-state index contributed by atoms with van der Waals surface area (Å²) in [6.45, 7) is 2.43. The molecule has 5 nitrogen and oxygen atoms in total. The van der Waals surface area contributed by atoms with Gasteiger partial charge in [0.25, 0.3) is 0 Å². The Morgan fingerprint density at radius 1 is 1.09 bits per heavy atom. The van der Waals surface area contributed by atoms with Gasteiger partial charge >= 0.3 is 0 Å². The summed E-state index contributed by atoms with van der Waals surface area (Å²) in [5.74, 6) is 1.78. The van der Waals surface area contributed by atoms with Gasteiger partial charge < -0.3 is 14.2 Å². The molecule has 0 aliphatic heterocycles. The highest BCUT2D eigenvalue weighted by molar-refractivity contribution is 6.30. The Kier molecular flexibility index (Phi) is 6.11. The van der Waals surface area contributed by atoms with Crippen LogP contribution in [0, 0.1) is 0 Å². The van der Waals surface area contributed by atoms with Gasteiger partial charge in [-0.3, -0.25) is 5.43 Å². The van der Waals surface area contributed by atoms with E-state index in [1.807, 2.05) is 31.2 Å². The number of ether oxygens (including phenoxy) is 3. The monoisotopic (exact) mass is 334 g/mol. The highest BCUT2D eigenvalue weighted by Crippen LogP contribution is 2.38. The minimum absolute atomic E-state index is 0.526. The highest BCUT2D eigenvalue weighted by Gasteiger charge is 2.13. The second-order valence-electron chi connectivity index (χ2n) is 4.56. The summed E-state index contributed by atoms with van der Waals surface area (Å²) in [6, 6.07) is 10.9. The summed E-state index contributed by atoms with van der Waals surface area (Å²) in [7, 11) is 3.17. The number of halogens is 1. The lowest BCUT2D eigenvalue weighted by Crippen LogP contribution is -2.00. The largest absolute Gasteiger partial charge is 0.493 e. The maximum absolute atomic E-state index is 5.84. The number of anilines is 1. The molecule has 23 heavy (non-hydrogen) atoms. The van der Waals surface area contributed by atoms with E-state index in [2.05, 4.69) is 10.5 Å². The number of hydrazone groups is 1. The van der Waals surface area contributed by atoms with Crippen molar-refractivity contribution in [2.45, 2.75) is 6.92 Å². The van der Waals surface area contributed by atoms with Gasteiger partial charge in [0, 0.05) is 10.6 Å². The predicted molar refractivity (Wildman–Crippen MR) is 93.4 cm³/mol. The number of nitrogens with zero attached hydrogens (tertiary/aromatic N) is 1. The normalized spacial score (nSPS) is 10.6. The molecule has 0 unspecified atom stereocenters. The maximum Gasteiger partial charge on any atom is 0.203 e. The molecule has 1 N–H and O–H groups in total. The van der Waals surface area contributed by atoms with Gasteiger partial charge in [-0.1, -0.05) is 11.6 Å². The molecule has 0 fully saturated rings. The predicted octanol–water partition coefficient (Wildman–Crippen LogP) is 4.20. The zero-order valence-corrected chi connectivity index (χ0v) is 14.1. The van der Waals surface area contributed by atoms with Crippen LogP contribution in [0.4, 0.5) is 5.69 Å². The molecular formula is C17H19ClN2O3. The van der Waals surface area contributed by atoms with E-state index in [0.717, 1.165) is 11.3 Å². The van der Waals surface area contributed by atoms with E-state index in [1.165, 1.54) is 0 Å². The Bertz CT molecular complexity index is 647. The second kappa shape index (κ2) is 8.29. The van der Waals surface area contributed by atoms with Gasteiger partial charge in [0.2, 0.25) is 5.75 Å². The molecule has 2 aromatic rings. The topological polar surface area (TPSA) is 52.1 Å². The van der Waals surface area contributed by atoms with Crippen LogP contribution >= 0.6 is 11.6 Å². The molecule has 2 aromatic carbocycles. The Labute approximate surface area is 140 Å². The van der Waals surface area contributed by atoms with Crippen molar-refractivity contribution in [3.63, 3.8) is 0 Å². The lowest BCUT2D eigenvalue weighted by molar-refractivity contribution is 0.288. The van der Waals surface area contributed by atoms with E-state index in [-0.39, 0.29) is 0 Å². The quantitative estimate of drug-likeness (QED) is 0.609. The molecular weight excluding hydrogens is 316 g/mol. The van der Waals surface area contributed by atoms with Crippen LogP contribution < -0.4 is 19.6 Å². The molecule has 0 aliphatic rings. The first-order valence-electron chi connectivity index (χ1n) is 7.11. The molecule has 0 amide bonds. The van der Waals surface area contributed by atoms with Crippen molar-refractivity contribution in [2.75, 3.05) is 26.3 Å². The van der Waals surface area contributed by atoms with Crippen molar-refractivity contribution < 1.29 is 14.2 Å². The summed E-state index contributed by atoms with van der Waals surface area (Å²) in [5, 5.41) is 4.88. The van der Waals surface area contributed by atoms with Crippen LogP contribution in [-0.2, 0) is 0 Å². The van der Waals surface area contributed by atoms with E-state index in [1.54, 1.807) is 32.6 Å². The molecule has 0 saturated carbocycles. The van der Waals surface area contributed by atoms with Crippen molar-refractivity contribution in [1.82, 2.24) is 0 Å². The number of methoxy groups -OCH3 is 2. The smallest absolute Gasteiger partial charge is 0.203 e. The van der Waals surface area contributed by atoms with Crippen LogP contribution in [0.3, 0.4) is 0 Å². The van der Waals surface area contributed by atoms with Crippen molar-refractivity contribution >= 4 is 23.5 Å². The van der Waals surface area contributed by atoms with E-state index >= 15 is 0 Å². The Morgan fingerprint density at radius 3 is 2.22 bits per heavy atom. The molecule has 0 aromatic heterocycles. The number of hydrogen-bond acceptors (Lipinski definition) is 5. The third-order valence-electron chi connectivity index (χ3n) is 3.02. The SMILES string of the molecule is CCOc1c(OC)cc(/C=N/Nc2ccc(Cl)cc2)cc1OC. The van der Waals surface area contributed by atoms with E-state index in [4.69, 9.17) is 25.8 Å². The maximum atomic E-state index is 5.84. The van der Waals surface area contributed by atoms with Crippen LogP contribution in [0.1, 0.15) is 12.5 Å². The molecule has 122 valence electrons. The minimum Gasteiger partial charge on any atom is -0.493 e. The van der Waals surface area contributed by atoms with Crippen LogP contribution in [-0.4, -0.2) is 27.0 Å². The van der Waals surface area contributed by atoms with Crippen LogP contribution in [0.2, 0.25) is 5.02 Å². The number of nitrogens with one attached hydrogen (secondary N) is 1. The average molecular weight is 335 g/mol. The van der Waals surface area contributed by atoms with Crippen molar-refractivity contribution in [2.24, 2.45) is 5.10 Å². The van der Waals surface area contributed by atoms with Gasteiger partial charge in [0.05, 0.1) is 32.7 Å². The van der Waals surface area contributed by atoms with Crippen LogP contribution in [0.25, 0.3) is 0 Å². The Balaban J connectivity index is 2.18. The fourth-order valence-corrected chi connectivity index (χ4v) is 2.09. The molecule has 0 spiro atoms. The van der Waals surface area contributed by atoms with E-state index < -0.39 is 0 Å². The van der Waals surface area contributed by atoms with Gasteiger partial charge in [-0.15, -0.1) is 0 Å². The fourth-order valence-electron chi connectivity index (χ4n) is 1.97. The number of hydrogen-bond donors (Lipinski definition) is 1. The first kappa shape index (κ1) is 17.0. The van der Waals surface area contributed by atoms with Crippen LogP contribution in [0.5, 0.6) is 17.2 Å². The molecule has 0 heterocycles. The van der Waals surface area contributed by atoms with E-state index in [0.29, 0.717) is 28.9 Å². The minimum atomic E-state index is 0.526. The standard InChI is InChI=1S/C17H19ClN2O3/c1-4-23-17-15(21-2)9-12(10-16(17)22-3)11-19-20-14-7-5-13(18)6-8-14/h5-11,20H,4H2,1-3H3/b19-11+. The van der Waals surface area contributed by atoms with Gasteiger partial charge in [-0.05, 0) is 43.3 Å². The first-order valence-corrected chi connectivity index (χ1v) is 7.49. The molecule has 0 bridgehead atoms. The highest BCUT2D eigenvalue weighted by atomic mass is 35.5. The molecule has 0 atom stereocenters. The zero-order chi connectivity index (χ0) is 16.7. The summed E-state index contributed by atoms with van der Waals surface area (Å²) in [6.07, 6.45) is 1.68. The van der Waals surface area contributed by atoms with Gasteiger partial charge in [-0.25, -0.2) is 0 Å². The second-order valence-corrected chi connectivity index (χ2v) is 5.00. The fraction of sp³-hybridized carbons (Fsp3) is 0.235. The number of rotatable bonds is 7. The Hall–Kier alpha value is -2.40. The summed E-state index contributed by atoms with van der Waals surface area (Å²) in [4.78, 5) is 0. The molecule has 6 heteroatoms. The van der Waals surface area contributed by atoms with Gasteiger partial charge in [-0.2, -0.15) is 5.10 Å². The lowest BCUT2D eigenvalue weighted by atomic mass is 10.2. The number of benzene rings is 2. The average Bonchev–Trinajstić information content (AvgIpc) is 2.57. The van der Waals surface area contributed by atoms with E-state index in [9.17, 15) is 0 Å².